The standard InChI is InChI=1S/C17H38N2/c1-9-15(10-2)19(13-14(4)5)16(11-3)12-18-17(6,7)8/h14-16,18H,9-13H2,1-8H3. The van der Waals surface area contributed by atoms with E-state index in [9.17, 15) is 0 Å². The maximum atomic E-state index is 3.69. The molecule has 1 unspecified atom stereocenters. The lowest BCUT2D eigenvalue weighted by atomic mass is 10.0. The van der Waals surface area contributed by atoms with Gasteiger partial charge in [-0.15, -0.1) is 0 Å². The first-order valence-corrected chi connectivity index (χ1v) is 8.25. The predicted molar refractivity (Wildman–Crippen MR) is 87.7 cm³/mol. The second-order valence-electron chi connectivity index (χ2n) is 7.25. The summed E-state index contributed by atoms with van der Waals surface area (Å²) in [5.41, 5.74) is 0.213. The lowest BCUT2D eigenvalue weighted by molar-refractivity contribution is 0.100. The Kier molecular flexibility index (Phi) is 8.93. The molecule has 0 radical (unpaired) electrons. The summed E-state index contributed by atoms with van der Waals surface area (Å²) in [6.07, 6.45) is 3.75. The molecule has 2 heteroatoms. The molecular weight excluding hydrogens is 232 g/mol. The van der Waals surface area contributed by atoms with E-state index in [4.69, 9.17) is 0 Å². The second-order valence-corrected chi connectivity index (χ2v) is 7.25. The van der Waals surface area contributed by atoms with E-state index in [1.807, 2.05) is 0 Å². The van der Waals surface area contributed by atoms with Gasteiger partial charge in [-0.05, 0) is 46.0 Å². The van der Waals surface area contributed by atoms with E-state index in [0.717, 1.165) is 18.5 Å². The second kappa shape index (κ2) is 8.97. The van der Waals surface area contributed by atoms with Crippen LogP contribution in [0.1, 0.15) is 74.7 Å². The molecule has 116 valence electrons. The molecule has 0 aromatic carbocycles. The van der Waals surface area contributed by atoms with E-state index in [0.29, 0.717) is 6.04 Å². The minimum atomic E-state index is 0.213. The van der Waals surface area contributed by atoms with Crippen molar-refractivity contribution in [3.05, 3.63) is 0 Å². The lowest BCUT2D eigenvalue weighted by Gasteiger charge is -2.39. The number of hydrogen-bond donors (Lipinski definition) is 1. The van der Waals surface area contributed by atoms with E-state index in [1.165, 1.54) is 25.8 Å². The molecule has 0 spiro atoms. The Morgan fingerprint density at radius 2 is 1.37 bits per heavy atom. The van der Waals surface area contributed by atoms with Crippen LogP contribution in [0.25, 0.3) is 0 Å². The first-order chi connectivity index (χ1) is 8.75. The molecule has 1 N–H and O–H groups in total. The van der Waals surface area contributed by atoms with Crippen LogP contribution >= 0.6 is 0 Å². The van der Waals surface area contributed by atoms with Crippen LogP contribution in [0.15, 0.2) is 0 Å². The molecule has 0 bridgehead atoms. The predicted octanol–water partition coefficient (Wildman–Crippen LogP) is 4.30. The van der Waals surface area contributed by atoms with Crippen molar-refractivity contribution < 1.29 is 0 Å². The Morgan fingerprint density at radius 1 is 0.895 bits per heavy atom. The number of hydrogen-bond acceptors (Lipinski definition) is 2. The minimum Gasteiger partial charge on any atom is -0.311 e. The highest BCUT2D eigenvalue weighted by molar-refractivity contribution is 4.82. The fourth-order valence-corrected chi connectivity index (χ4v) is 2.70. The highest BCUT2D eigenvalue weighted by Crippen LogP contribution is 2.17. The fraction of sp³-hybridized carbons (Fsp3) is 1.00. The molecule has 0 aromatic rings. The van der Waals surface area contributed by atoms with E-state index in [2.05, 4.69) is 65.6 Å². The minimum absolute atomic E-state index is 0.213. The smallest absolute Gasteiger partial charge is 0.0221 e. The Labute approximate surface area is 122 Å². The van der Waals surface area contributed by atoms with Crippen LogP contribution in [-0.4, -0.2) is 35.6 Å². The Morgan fingerprint density at radius 3 is 1.68 bits per heavy atom. The largest absolute Gasteiger partial charge is 0.311 e. The molecule has 0 rings (SSSR count). The van der Waals surface area contributed by atoms with Gasteiger partial charge < -0.3 is 5.32 Å². The molecule has 0 aliphatic heterocycles. The monoisotopic (exact) mass is 270 g/mol. The molecule has 2 nitrogen and oxygen atoms in total. The maximum Gasteiger partial charge on any atom is 0.0221 e. The van der Waals surface area contributed by atoms with Crippen molar-refractivity contribution in [2.75, 3.05) is 13.1 Å². The quantitative estimate of drug-likeness (QED) is 0.672. The van der Waals surface area contributed by atoms with E-state index in [-0.39, 0.29) is 5.54 Å². The van der Waals surface area contributed by atoms with Gasteiger partial charge in [-0.1, -0.05) is 34.6 Å². The zero-order valence-corrected chi connectivity index (χ0v) is 14.7. The maximum absolute atomic E-state index is 3.69. The molecule has 0 aliphatic carbocycles. The van der Waals surface area contributed by atoms with Crippen LogP contribution in [0.4, 0.5) is 0 Å². The van der Waals surface area contributed by atoms with Crippen LogP contribution in [0.3, 0.4) is 0 Å². The van der Waals surface area contributed by atoms with Crippen molar-refractivity contribution in [2.45, 2.75) is 92.3 Å². The Balaban J connectivity index is 4.75. The van der Waals surface area contributed by atoms with Crippen molar-refractivity contribution in [3.8, 4) is 0 Å². The zero-order valence-electron chi connectivity index (χ0n) is 14.7. The Hall–Kier alpha value is -0.0800. The van der Waals surface area contributed by atoms with Gasteiger partial charge in [-0.2, -0.15) is 0 Å². The van der Waals surface area contributed by atoms with Crippen LogP contribution < -0.4 is 5.32 Å². The average molecular weight is 271 g/mol. The van der Waals surface area contributed by atoms with Gasteiger partial charge in [0, 0.05) is 30.7 Å². The number of rotatable bonds is 9. The molecular formula is C17H38N2. The molecule has 0 aromatic heterocycles. The normalized spacial score (nSPS) is 14.7. The van der Waals surface area contributed by atoms with Gasteiger partial charge in [0.2, 0.25) is 0 Å². The van der Waals surface area contributed by atoms with Gasteiger partial charge in [0.15, 0.2) is 0 Å². The average Bonchev–Trinajstić information content (AvgIpc) is 2.28. The number of nitrogens with zero attached hydrogens (tertiary/aromatic N) is 1. The topological polar surface area (TPSA) is 15.3 Å². The molecule has 19 heavy (non-hydrogen) atoms. The van der Waals surface area contributed by atoms with Crippen molar-refractivity contribution in [1.29, 1.82) is 0 Å². The first kappa shape index (κ1) is 18.9. The van der Waals surface area contributed by atoms with Crippen molar-refractivity contribution in [2.24, 2.45) is 5.92 Å². The fourth-order valence-electron chi connectivity index (χ4n) is 2.70. The summed E-state index contributed by atoms with van der Waals surface area (Å²) in [6.45, 7) is 20.7. The summed E-state index contributed by atoms with van der Waals surface area (Å²) >= 11 is 0. The molecule has 0 aliphatic rings. The van der Waals surface area contributed by atoms with Crippen molar-refractivity contribution in [1.82, 2.24) is 10.2 Å². The van der Waals surface area contributed by atoms with Crippen molar-refractivity contribution in [3.63, 3.8) is 0 Å². The highest BCUT2D eigenvalue weighted by Gasteiger charge is 2.24. The van der Waals surface area contributed by atoms with Gasteiger partial charge in [0.1, 0.15) is 0 Å². The summed E-state index contributed by atoms with van der Waals surface area (Å²) in [5, 5.41) is 3.69. The summed E-state index contributed by atoms with van der Waals surface area (Å²) < 4.78 is 0. The summed E-state index contributed by atoms with van der Waals surface area (Å²) in [5.74, 6) is 0.740. The van der Waals surface area contributed by atoms with Gasteiger partial charge in [-0.3, -0.25) is 4.90 Å². The Bertz CT molecular complexity index is 214. The van der Waals surface area contributed by atoms with Crippen LogP contribution in [0.5, 0.6) is 0 Å². The third kappa shape index (κ3) is 7.94. The third-order valence-corrected chi connectivity index (χ3v) is 3.80. The molecule has 0 saturated carbocycles. The third-order valence-electron chi connectivity index (χ3n) is 3.80. The molecule has 0 amide bonds. The number of nitrogens with one attached hydrogen (secondary N) is 1. The molecule has 0 fully saturated rings. The van der Waals surface area contributed by atoms with Crippen LogP contribution in [0.2, 0.25) is 0 Å². The summed E-state index contributed by atoms with van der Waals surface area (Å²) in [7, 11) is 0. The van der Waals surface area contributed by atoms with E-state index >= 15 is 0 Å². The molecule has 0 heterocycles. The van der Waals surface area contributed by atoms with E-state index in [1.54, 1.807) is 0 Å². The van der Waals surface area contributed by atoms with Gasteiger partial charge in [0.25, 0.3) is 0 Å². The summed E-state index contributed by atoms with van der Waals surface area (Å²) in [6, 6.07) is 1.39. The first-order valence-electron chi connectivity index (χ1n) is 8.25. The summed E-state index contributed by atoms with van der Waals surface area (Å²) in [4.78, 5) is 2.75. The van der Waals surface area contributed by atoms with Gasteiger partial charge >= 0.3 is 0 Å². The zero-order chi connectivity index (χ0) is 15.1. The van der Waals surface area contributed by atoms with E-state index < -0.39 is 0 Å². The molecule has 1 atom stereocenters. The lowest BCUT2D eigenvalue weighted by Crippen LogP contribution is -2.51. The van der Waals surface area contributed by atoms with Gasteiger partial charge in [0.05, 0.1) is 0 Å². The SMILES string of the molecule is CCC(CC)N(CC(C)C)C(CC)CNC(C)(C)C. The van der Waals surface area contributed by atoms with Crippen molar-refractivity contribution >= 4 is 0 Å². The molecule has 0 saturated heterocycles. The highest BCUT2D eigenvalue weighted by atomic mass is 15.2. The van der Waals surface area contributed by atoms with Crippen LogP contribution in [0, 0.1) is 5.92 Å². The van der Waals surface area contributed by atoms with Crippen LogP contribution in [-0.2, 0) is 0 Å². The van der Waals surface area contributed by atoms with Gasteiger partial charge in [-0.25, -0.2) is 0 Å².